The number of para-hydroxylation sites is 1. The van der Waals surface area contributed by atoms with Crippen LogP contribution in [0.1, 0.15) is 30.7 Å². The van der Waals surface area contributed by atoms with E-state index in [4.69, 9.17) is 14.2 Å². The van der Waals surface area contributed by atoms with Gasteiger partial charge in [-0.15, -0.1) is 0 Å². The molecule has 2 fully saturated rings. The van der Waals surface area contributed by atoms with Gasteiger partial charge in [0.05, 0.1) is 25.7 Å². The number of likely N-dealkylation sites (tertiary alicyclic amines) is 1. The number of amides is 1. The summed E-state index contributed by atoms with van der Waals surface area (Å²) in [5.41, 5.74) is 1.02. The second-order valence-corrected chi connectivity index (χ2v) is 6.16. The van der Waals surface area contributed by atoms with Crippen LogP contribution in [0, 0.1) is 0 Å². The smallest absolute Gasteiger partial charge is 0.230 e. The van der Waals surface area contributed by atoms with Gasteiger partial charge in [-0.05, 0) is 12.5 Å². The average molecular weight is 303 g/mol. The summed E-state index contributed by atoms with van der Waals surface area (Å²) >= 11 is 0. The number of carbonyl (C=O) groups excluding carboxylic acids is 1. The van der Waals surface area contributed by atoms with Gasteiger partial charge in [-0.3, -0.25) is 4.79 Å². The third kappa shape index (κ3) is 2.38. The summed E-state index contributed by atoms with van der Waals surface area (Å²) in [6, 6.07) is 7.87. The molecule has 5 heteroatoms. The Bertz CT molecular complexity index is 558. The Morgan fingerprint density at radius 2 is 1.82 bits per heavy atom. The van der Waals surface area contributed by atoms with Crippen molar-refractivity contribution in [3.63, 3.8) is 0 Å². The van der Waals surface area contributed by atoms with Crippen LogP contribution in [0.25, 0.3) is 0 Å². The molecule has 0 N–H and O–H groups in total. The normalized spacial score (nSPS) is 26.5. The molecule has 22 heavy (non-hydrogen) atoms. The maximum atomic E-state index is 12.9. The molecular formula is C17H21NO4. The molecule has 5 nitrogen and oxygen atoms in total. The monoisotopic (exact) mass is 303 g/mol. The molecule has 1 aromatic rings. The molecule has 1 atom stereocenters. The molecule has 118 valence electrons. The quantitative estimate of drug-likeness (QED) is 0.795. The zero-order valence-electron chi connectivity index (χ0n) is 12.6. The number of benzene rings is 1. The molecule has 0 aromatic heterocycles. The Kier molecular flexibility index (Phi) is 3.54. The number of hydrogen-bond acceptors (Lipinski definition) is 4. The van der Waals surface area contributed by atoms with Crippen LogP contribution < -0.4 is 4.74 Å². The van der Waals surface area contributed by atoms with E-state index in [0.717, 1.165) is 30.6 Å². The van der Waals surface area contributed by atoms with Crippen LogP contribution in [-0.2, 0) is 14.3 Å². The third-order valence-electron chi connectivity index (χ3n) is 4.91. The Balaban J connectivity index is 1.47. The summed E-state index contributed by atoms with van der Waals surface area (Å²) in [5, 5.41) is 0. The molecule has 0 radical (unpaired) electrons. The second-order valence-electron chi connectivity index (χ2n) is 6.16. The predicted molar refractivity (Wildman–Crippen MR) is 79.7 cm³/mol. The second kappa shape index (κ2) is 5.56. The summed E-state index contributed by atoms with van der Waals surface area (Å²) in [4.78, 5) is 14.9. The van der Waals surface area contributed by atoms with Gasteiger partial charge in [0.2, 0.25) is 5.91 Å². The number of nitrogens with zero attached hydrogens (tertiary/aromatic N) is 1. The first-order chi connectivity index (χ1) is 10.8. The van der Waals surface area contributed by atoms with E-state index in [0.29, 0.717) is 32.9 Å². The summed E-state index contributed by atoms with van der Waals surface area (Å²) in [6.45, 7) is 3.36. The Morgan fingerprint density at radius 1 is 1.09 bits per heavy atom. The minimum Gasteiger partial charge on any atom is -0.493 e. The van der Waals surface area contributed by atoms with E-state index in [2.05, 4.69) is 0 Å². The lowest BCUT2D eigenvalue weighted by molar-refractivity contribution is -0.187. The van der Waals surface area contributed by atoms with E-state index in [9.17, 15) is 4.79 Å². The number of ether oxygens (including phenoxy) is 3. The molecule has 3 aliphatic heterocycles. The van der Waals surface area contributed by atoms with E-state index in [1.54, 1.807) is 0 Å². The maximum Gasteiger partial charge on any atom is 0.230 e. The van der Waals surface area contributed by atoms with Crippen LogP contribution in [0.2, 0.25) is 0 Å². The van der Waals surface area contributed by atoms with Gasteiger partial charge in [-0.2, -0.15) is 0 Å². The van der Waals surface area contributed by atoms with E-state index >= 15 is 0 Å². The zero-order valence-corrected chi connectivity index (χ0v) is 12.6. The van der Waals surface area contributed by atoms with Gasteiger partial charge >= 0.3 is 0 Å². The maximum absolute atomic E-state index is 12.9. The van der Waals surface area contributed by atoms with Crippen LogP contribution in [0.4, 0.5) is 0 Å². The largest absolute Gasteiger partial charge is 0.493 e. The Labute approximate surface area is 130 Å². The number of piperidine rings is 1. The van der Waals surface area contributed by atoms with Crippen LogP contribution in [0.15, 0.2) is 24.3 Å². The SMILES string of the molecule is O=C(C1CCOc2ccccc21)N1CCC2(CC1)OCCO2. The lowest BCUT2D eigenvalue weighted by Crippen LogP contribution is -2.48. The number of rotatable bonds is 1. The van der Waals surface area contributed by atoms with Crippen LogP contribution in [-0.4, -0.2) is 49.5 Å². The lowest BCUT2D eigenvalue weighted by Gasteiger charge is -2.39. The minimum atomic E-state index is -0.426. The highest BCUT2D eigenvalue weighted by Gasteiger charge is 2.42. The van der Waals surface area contributed by atoms with Crippen LogP contribution >= 0.6 is 0 Å². The van der Waals surface area contributed by atoms with Crippen molar-refractivity contribution in [3.8, 4) is 5.75 Å². The highest BCUT2D eigenvalue weighted by atomic mass is 16.7. The van der Waals surface area contributed by atoms with Crippen molar-refractivity contribution in [2.24, 2.45) is 0 Å². The van der Waals surface area contributed by atoms with Crippen molar-refractivity contribution in [1.29, 1.82) is 0 Å². The van der Waals surface area contributed by atoms with E-state index in [-0.39, 0.29) is 11.8 Å². The van der Waals surface area contributed by atoms with Gasteiger partial charge in [-0.1, -0.05) is 18.2 Å². The molecule has 2 saturated heterocycles. The molecule has 0 aliphatic carbocycles. The first-order valence-corrected chi connectivity index (χ1v) is 8.06. The van der Waals surface area contributed by atoms with Crippen molar-refractivity contribution >= 4 is 5.91 Å². The molecule has 0 saturated carbocycles. The topological polar surface area (TPSA) is 48.0 Å². The fourth-order valence-electron chi connectivity index (χ4n) is 3.67. The van der Waals surface area contributed by atoms with Crippen molar-refractivity contribution < 1.29 is 19.0 Å². The highest BCUT2D eigenvalue weighted by molar-refractivity contribution is 5.85. The third-order valence-corrected chi connectivity index (χ3v) is 4.91. The van der Waals surface area contributed by atoms with Gasteiger partial charge < -0.3 is 19.1 Å². The summed E-state index contributed by atoms with van der Waals surface area (Å²) in [5.74, 6) is 0.556. The molecule has 1 aromatic carbocycles. The standard InChI is InChI=1S/C17H21NO4/c19-16(14-5-10-20-15-4-2-1-3-13(14)15)18-8-6-17(7-9-18)21-11-12-22-17/h1-4,14H,5-12H2. The number of carbonyl (C=O) groups is 1. The average Bonchev–Trinajstić information content (AvgIpc) is 3.02. The van der Waals surface area contributed by atoms with Gasteiger partial charge in [0, 0.05) is 31.5 Å². The first-order valence-electron chi connectivity index (χ1n) is 8.06. The number of hydrogen-bond donors (Lipinski definition) is 0. The minimum absolute atomic E-state index is 0.0792. The lowest BCUT2D eigenvalue weighted by atomic mass is 9.90. The molecular weight excluding hydrogens is 282 g/mol. The van der Waals surface area contributed by atoms with Gasteiger partial charge in [0.15, 0.2) is 5.79 Å². The van der Waals surface area contributed by atoms with Gasteiger partial charge in [-0.25, -0.2) is 0 Å². The van der Waals surface area contributed by atoms with Gasteiger partial charge in [0.25, 0.3) is 0 Å². The van der Waals surface area contributed by atoms with E-state index in [1.807, 2.05) is 29.2 Å². The molecule has 3 heterocycles. The summed E-state index contributed by atoms with van der Waals surface area (Å²) < 4.78 is 17.1. The number of fused-ring (bicyclic) bond motifs is 1. The summed E-state index contributed by atoms with van der Waals surface area (Å²) in [6.07, 6.45) is 2.29. The van der Waals surface area contributed by atoms with Crippen molar-refractivity contribution in [3.05, 3.63) is 29.8 Å². The molecule has 1 unspecified atom stereocenters. The Hall–Kier alpha value is -1.59. The Morgan fingerprint density at radius 3 is 2.59 bits per heavy atom. The van der Waals surface area contributed by atoms with Crippen LogP contribution in [0.3, 0.4) is 0 Å². The predicted octanol–water partition coefficient (Wildman–Crippen LogP) is 1.92. The molecule has 4 rings (SSSR count). The van der Waals surface area contributed by atoms with Crippen molar-refractivity contribution in [2.45, 2.75) is 31.0 Å². The molecule has 3 aliphatic rings. The first kappa shape index (κ1) is 14.0. The van der Waals surface area contributed by atoms with Gasteiger partial charge in [0.1, 0.15) is 5.75 Å². The van der Waals surface area contributed by atoms with Crippen LogP contribution in [0.5, 0.6) is 5.75 Å². The molecule has 0 bridgehead atoms. The summed E-state index contributed by atoms with van der Waals surface area (Å²) in [7, 11) is 0. The molecule has 1 amide bonds. The van der Waals surface area contributed by atoms with E-state index < -0.39 is 5.79 Å². The highest BCUT2D eigenvalue weighted by Crippen LogP contribution is 2.37. The fourth-order valence-corrected chi connectivity index (χ4v) is 3.67. The van der Waals surface area contributed by atoms with E-state index in [1.165, 1.54) is 0 Å². The zero-order chi connectivity index (χ0) is 15.0. The molecule has 1 spiro atoms. The van der Waals surface area contributed by atoms with Crippen molar-refractivity contribution in [2.75, 3.05) is 32.9 Å². The fraction of sp³-hybridized carbons (Fsp3) is 0.588. The van der Waals surface area contributed by atoms with Crippen molar-refractivity contribution in [1.82, 2.24) is 4.90 Å².